The predicted molar refractivity (Wildman–Crippen MR) is 98.3 cm³/mol. The Balaban J connectivity index is 1.37. The second kappa shape index (κ2) is 6.49. The minimum absolute atomic E-state index is 0.126. The summed E-state index contributed by atoms with van der Waals surface area (Å²) in [5.41, 5.74) is 1.69. The highest BCUT2D eigenvalue weighted by atomic mass is 16.2. The molecule has 0 aromatic heterocycles. The van der Waals surface area contributed by atoms with Crippen LogP contribution < -0.4 is 10.6 Å². The summed E-state index contributed by atoms with van der Waals surface area (Å²) in [5.74, 6) is -1.85. The molecule has 1 aromatic rings. The fourth-order valence-electron chi connectivity index (χ4n) is 4.76. The monoisotopic (exact) mass is 382 g/mol. The first-order chi connectivity index (χ1) is 13.5. The molecule has 8 nitrogen and oxygen atoms in total. The summed E-state index contributed by atoms with van der Waals surface area (Å²) in [5, 5.41) is 5.75. The summed E-state index contributed by atoms with van der Waals surface area (Å²) >= 11 is 0. The number of imide groups is 2. The zero-order chi connectivity index (χ0) is 19.4. The van der Waals surface area contributed by atoms with Crippen LogP contribution in [0.25, 0.3) is 0 Å². The van der Waals surface area contributed by atoms with Crippen LogP contribution >= 0.6 is 0 Å². The minimum Gasteiger partial charge on any atom is -0.311 e. The second-order valence-corrected chi connectivity index (χ2v) is 8.00. The number of piperidine rings is 1. The summed E-state index contributed by atoms with van der Waals surface area (Å²) in [4.78, 5) is 52.7. The molecule has 0 spiro atoms. The molecule has 146 valence electrons. The largest absolute Gasteiger partial charge is 0.311 e. The van der Waals surface area contributed by atoms with Crippen molar-refractivity contribution in [2.45, 2.75) is 50.4 Å². The van der Waals surface area contributed by atoms with E-state index in [2.05, 4.69) is 15.5 Å². The second-order valence-electron chi connectivity index (χ2n) is 8.00. The lowest BCUT2D eigenvalue weighted by Crippen LogP contribution is -2.62. The molecule has 3 aliphatic heterocycles. The standard InChI is InChI=1S/C20H22N4O4/c25-17-6-5-16(18(26)22-17)24-19(27)12-2-1-11(9-13(12)20(24)28)10-23-8-7-21-14-3-4-15(14)23/h1-2,9,14-16,21H,3-8,10H2,(H,22,25,26)/t14-,15-,16?/m1/s1. The van der Waals surface area contributed by atoms with Gasteiger partial charge in [0.1, 0.15) is 6.04 Å². The molecule has 1 unspecified atom stereocenters. The zero-order valence-corrected chi connectivity index (χ0v) is 15.4. The summed E-state index contributed by atoms with van der Waals surface area (Å²) in [6.07, 6.45) is 2.69. The molecule has 2 N–H and O–H groups in total. The van der Waals surface area contributed by atoms with Crippen molar-refractivity contribution >= 4 is 23.6 Å². The number of carbonyl (C=O) groups excluding carboxylic acids is 4. The van der Waals surface area contributed by atoms with Crippen molar-refractivity contribution in [3.05, 3.63) is 34.9 Å². The Labute approximate surface area is 162 Å². The SMILES string of the molecule is O=C1CCC(N2C(=O)c3ccc(CN4CCN[C@@H]5CC[C@H]54)cc3C2=O)C(=O)N1. The average molecular weight is 382 g/mol. The Hall–Kier alpha value is -2.58. The lowest BCUT2D eigenvalue weighted by Gasteiger charge is -2.49. The molecule has 1 saturated carbocycles. The van der Waals surface area contributed by atoms with Crippen molar-refractivity contribution in [1.82, 2.24) is 20.4 Å². The molecule has 0 radical (unpaired) electrons. The Bertz CT molecular complexity index is 898. The maximum absolute atomic E-state index is 12.9. The molecule has 4 amide bonds. The van der Waals surface area contributed by atoms with Gasteiger partial charge in [-0.05, 0) is 37.0 Å². The molecular weight excluding hydrogens is 360 g/mol. The molecule has 3 atom stereocenters. The number of hydrogen-bond acceptors (Lipinski definition) is 6. The number of piperazine rings is 1. The van der Waals surface area contributed by atoms with Crippen molar-refractivity contribution in [3.8, 4) is 0 Å². The van der Waals surface area contributed by atoms with Crippen LogP contribution in [0, 0.1) is 0 Å². The van der Waals surface area contributed by atoms with Gasteiger partial charge in [0.15, 0.2) is 0 Å². The minimum atomic E-state index is -0.919. The molecule has 0 bridgehead atoms. The van der Waals surface area contributed by atoms with Crippen LogP contribution in [-0.2, 0) is 16.1 Å². The Morgan fingerprint density at radius 2 is 1.82 bits per heavy atom. The maximum Gasteiger partial charge on any atom is 0.262 e. The molecule has 8 heteroatoms. The quantitative estimate of drug-likeness (QED) is 0.716. The molecule has 28 heavy (non-hydrogen) atoms. The van der Waals surface area contributed by atoms with Gasteiger partial charge in [-0.25, -0.2) is 0 Å². The maximum atomic E-state index is 12.9. The molecule has 4 aliphatic rings. The average Bonchev–Trinajstić information content (AvgIpc) is 2.88. The number of hydrogen-bond donors (Lipinski definition) is 2. The van der Waals surface area contributed by atoms with Crippen LogP contribution in [0.2, 0.25) is 0 Å². The molecule has 2 saturated heterocycles. The first kappa shape index (κ1) is 17.5. The first-order valence-corrected chi connectivity index (χ1v) is 9.85. The van der Waals surface area contributed by atoms with Crippen molar-refractivity contribution in [3.63, 3.8) is 0 Å². The third-order valence-electron chi connectivity index (χ3n) is 6.40. The molecule has 3 fully saturated rings. The van der Waals surface area contributed by atoms with E-state index in [1.165, 1.54) is 12.8 Å². The number of amides is 4. The van der Waals surface area contributed by atoms with Gasteiger partial charge in [-0.2, -0.15) is 0 Å². The van der Waals surface area contributed by atoms with E-state index in [1.807, 2.05) is 6.07 Å². The van der Waals surface area contributed by atoms with Crippen LogP contribution in [0.4, 0.5) is 0 Å². The topological polar surface area (TPSA) is 98.8 Å². The number of nitrogens with zero attached hydrogens (tertiary/aromatic N) is 2. The van der Waals surface area contributed by atoms with Crippen molar-refractivity contribution < 1.29 is 19.2 Å². The van der Waals surface area contributed by atoms with Crippen LogP contribution in [0.5, 0.6) is 0 Å². The van der Waals surface area contributed by atoms with Gasteiger partial charge >= 0.3 is 0 Å². The van der Waals surface area contributed by atoms with Gasteiger partial charge < -0.3 is 5.32 Å². The lowest BCUT2D eigenvalue weighted by atomic mass is 9.83. The third kappa shape index (κ3) is 2.67. The van der Waals surface area contributed by atoms with E-state index in [0.717, 1.165) is 30.1 Å². The van der Waals surface area contributed by atoms with Crippen molar-refractivity contribution in [1.29, 1.82) is 0 Å². The van der Waals surface area contributed by atoms with Crippen LogP contribution in [-0.4, -0.2) is 64.6 Å². The third-order valence-corrected chi connectivity index (χ3v) is 6.40. The fraction of sp³-hybridized carbons (Fsp3) is 0.500. The van der Waals surface area contributed by atoms with E-state index in [1.54, 1.807) is 12.1 Å². The van der Waals surface area contributed by atoms with E-state index in [0.29, 0.717) is 23.2 Å². The van der Waals surface area contributed by atoms with E-state index >= 15 is 0 Å². The van der Waals surface area contributed by atoms with E-state index in [4.69, 9.17) is 0 Å². The highest BCUT2D eigenvalue weighted by Gasteiger charge is 2.45. The zero-order valence-electron chi connectivity index (χ0n) is 15.4. The summed E-state index contributed by atoms with van der Waals surface area (Å²) in [7, 11) is 0. The highest BCUT2D eigenvalue weighted by molar-refractivity contribution is 6.23. The Morgan fingerprint density at radius 1 is 1.00 bits per heavy atom. The van der Waals surface area contributed by atoms with E-state index < -0.39 is 23.8 Å². The van der Waals surface area contributed by atoms with Gasteiger partial charge in [-0.1, -0.05) is 6.07 Å². The van der Waals surface area contributed by atoms with Gasteiger partial charge in [0, 0.05) is 38.1 Å². The van der Waals surface area contributed by atoms with Crippen molar-refractivity contribution in [2.75, 3.05) is 13.1 Å². The molecule has 5 rings (SSSR count). The number of carbonyl (C=O) groups is 4. The van der Waals surface area contributed by atoms with Crippen LogP contribution in [0.15, 0.2) is 18.2 Å². The number of benzene rings is 1. The fourth-order valence-corrected chi connectivity index (χ4v) is 4.76. The lowest BCUT2D eigenvalue weighted by molar-refractivity contribution is -0.136. The Morgan fingerprint density at radius 3 is 2.57 bits per heavy atom. The van der Waals surface area contributed by atoms with Gasteiger partial charge in [0.25, 0.3) is 11.8 Å². The Kier molecular flexibility index (Phi) is 4.06. The van der Waals surface area contributed by atoms with E-state index in [-0.39, 0.29) is 18.7 Å². The van der Waals surface area contributed by atoms with Gasteiger partial charge in [-0.3, -0.25) is 34.3 Å². The van der Waals surface area contributed by atoms with Crippen LogP contribution in [0.1, 0.15) is 52.0 Å². The smallest absolute Gasteiger partial charge is 0.262 e. The predicted octanol–water partition coefficient (Wildman–Crippen LogP) is 0.0240. The summed E-state index contributed by atoms with van der Waals surface area (Å²) < 4.78 is 0. The normalized spacial score (nSPS) is 30.0. The van der Waals surface area contributed by atoms with Crippen LogP contribution in [0.3, 0.4) is 0 Å². The number of rotatable bonds is 3. The highest BCUT2D eigenvalue weighted by Crippen LogP contribution is 2.31. The van der Waals surface area contributed by atoms with E-state index in [9.17, 15) is 19.2 Å². The summed E-state index contributed by atoms with van der Waals surface area (Å²) in [6.45, 7) is 2.68. The van der Waals surface area contributed by atoms with Crippen molar-refractivity contribution in [2.24, 2.45) is 0 Å². The molecule has 1 aromatic carbocycles. The number of fused-ring (bicyclic) bond motifs is 2. The first-order valence-electron chi connectivity index (χ1n) is 9.85. The summed E-state index contributed by atoms with van der Waals surface area (Å²) in [6, 6.07) is 5.56. The van der Waals surface area contributed by atoms with Gasteiger partial charge in [-0.15, -0.1) is 0 Å². The molecule has 3 heterocycles. The number of nitrogens with one attached hydrogen (secondary N) is 2. The van der Waals surface area contributed by atoms with Gasteiger partial charge in [0.05, 0.1) is 11.1 Å². The molecule has 1 aliphatic carbocycles. The van der Waals surface area contributed by atoms with Gasteiger partial charge in [0.2, 0.25) is 11.8 Å². The molecular formula is C20H22N4O4.